The van der Waals surface area contributed by atoms with E-state index >= 15 is 0 Å². The zero-order valence-corrected chi connectivity index (χ0v) is 26.2. The lowest BCUT2D eigenvalue weighted by Gasteiger charge is -2.37. The Bertz CT molecular complexity index is 1470. The number of nitrogens with zero attached hydrogens (tertiary/aromatic N) is 2. The first-order valence-electron chi connectivity index (χ1n) is 14.4. The van der Waals surface area contributed by atoms with Gasteiger partial charge in [-0.1, -0.05) is 121 Å². The van der Waals surface area contributed by atoms with Crippen LogP contribution in [0, 0.1) is 0 Å². The topological polar surface area (TPSA) is 66.9 Å². The SMILES string of the molecule is CN(Cc1ccccc1)C(=O)COC[C@@H]1C[C@@H](SC(c2ccccc2)(c2ccccc2)c2ccccc2)CN1S(C)(=O)=O. The van der Waals surface area contributed by atoms with Crippen molar-refractivity contribution in [2.75, 3.05) is 33.1 Å². The number of carbonyl (C=O) groups excluding carboxylic acids is 1. The number of carbonyl (C=O) groups is 1. The van der Waals surface area contributed by atoms with Gasteiger partial charge >= 0.3 is 0 Å². The first kappa shape index (κ1) is 31.0. The van der Waals surface area contributed by atoms with Crippen LogP contribution >= 0.6 is 11.8 Å². The molecule has 2 atom stereocenters. The predicted molar refractivity (Wildman–Crippen MR) is 174 cm³/mol. The van der Waals surface area contributed by atoms with Crippen molar-refractivity contribution in [3.05, 3.63) is 144 Å². The quantitative estimate of drug-likeness (QED) is 0.189. The van der Waals surface area contributed by atoms with Crippen LogP contribution in [0.1, 0.15) is 28.7 Å². The Morgan fingerprint density at radius 1 is 0.837 bits per heavy atom. The summed E-state index contributed by atoms with van der Waals surface area (Å²) in [7, 11) is -1.75. The molecule has 8 heteroatoms. The number of hydrogen-bond donors (Lipinski definition) is 0. The van der Waals surface area contributed by atoms with E-state index in [0.29, 0.717) is 19.5 Å². The molecule has 1 saturated heterocycles. The van der Waals surface area contributed by atoms with Crippen LogP contribution in [0.15, 0.2) is 121 Å². The summed E-state index contributed by atoms with van der Waals surface area (Å²) in [5.74, 6) is -0.144. The van der Waals surface area contributed by atoms with Crippen LogP contribution < -0.4 is 0 Å². The number of sulfonamides is 1. The number of benzene rings is 4. The van der Waals surface area contributed by atoms with Crippen LogP contribution in [-0.2, 0) is 30.8 Å². The highest BCUT2D eigenvalue weighted by Crippen LogP contribution is 2.52. The van der Waals surface area contributed by atoms with Gasteiger partial charge in [0.05, 0.1) is 17.6 Å². The van der Waals surface area contributed by atoms with E-state index in [2.05, 4.69) is 72.8 Å². The summed E-state index contributed by atoms with van der Waals surface area (Å²) in [6.45, 7) is 0.913. The zero-order chi connectivity index (χ0) is 30.3. The van der Waals surface area contributed by atoms with Gasteiger partial charge < -0.3 is 9.64 Å². The largest absolute Gasteiger partial charge is 0.370 e. The summed E-state index contributed by atoms with van der Waals surface area (Å²) < 4.78 is 32.8. The molecule has 0 bridgehead atoms. The van der Waals surface area contributed by atoms with E-state index in [1.54, 1.807) is 28.0 Å². The Morgan fingerprint density at radius 2 is 1.30 bits per heavy atom. The minimum atomic E-state index is -3.50. The summed E-state index contributed by atoms with van der Waals surface area (Å²) in [5, 5.41) is -0.0135. The van der Waals surface area contributed by atoms with Crippen LogP contribution in [-0.4, -0.2) is 67.9 Å². The molecule has 6 nitrogen and oxygen atoms in total. The first-order chi connectivity index (χ1) is 20.8. The van der Waals surface area contributed by atoms with Crippen molar-refractivity contribution >= 4 is 27.7 Å². The van der Waals surface area contributed by atoms with Crippen molar-refractivity contribution in [2.24, 2.45) is 0 Å². The second-order valence-corrected chi connectivity index (χ2v) is 14.4. The van der Waals surface area contributed by atoms with Gasteiger partial charge in [-0.2, -0.15) is 4.31 Å². The van der Waals surface area contributed by atoms with Gasteiger partial charge in [-0.3, -0.25) is 4.79 Å². The second kappa shape index (κ2) is 13.9. The van der Waals surface area contributed by atoms with Gasteiger partial charge in [0.15, 0.2) is 0 Å². The number of likely N-dealkylation sites (N-methyl/N-ethyl adjacent to an activating group) is 1. The molecule has 1 aliphatic rings. The molecular weight excluding hydrogens is 577 g/mol. The monoisotopic (exact) mass is 614 g/mol. The Kier molecular flexibility index (Phi) is 10.0. The molecule has 4 aromatic carbocycles. The molecule has 0 aromatic heterocycles. The molecular formula is C35H38N2O4S2. The molecule has 224 valence electrons. The lowest BCUT2D eigenvalue weighted by molar-refractivity contribution is -0.135. The van der Waals surface area contributed by atoms with Crippen molar-refractivity contribution in [3.63, 3.8) is 0 Å². The van der Waals surface area contributed by atoms with Crippen LogP contribution in [0.3, 0.4) is 0 Å². The molecule has 0 unspecified atom stereocenters. The van der Waals surface area contributed by atoms with Gasteiger partial charge in [0.25, 0.3) is 0 Å². The number of hydrogen-bond acceptors (Lipinski definition) is 5. The van der Waals surface area contributed by atoms with Gasteiger partial charge in [0.2, 0.25) is 15.9 Å². The predicted octanol–water partition coefficient (Wildman–Crippen LogP) is 5.79. The van der Waals surface area contributed by atoms with Crippen molar-refractivity contribution in [3.8, 4) is 0 Å². The van der Waals surface area contributed by atoms with Gasteiger partial charge in [-0.05, 0) is 28.7 Å². The Labute approximate surface area is 259 Å². The highest BCUT2D eigenvalue weighted by molar-refractivity contribution is 8.01. The van der Waals surface area contributed by atoms with E-state index in [1.807, 2.05) is 48.5 Å². The smallest absolute Gasteiger partial charge is 0.248 e. The fourth-order valence-electron chi connectivity index (χ4n) is 5.80. The van der Waals surface area contributed by atoms with Gasteiger partial charge in [-0.15, -0.1) is 11.8 Å². The molecule has 1 fully saturated rings. The molecule has 5 rings (SSSR count). The fourth-order valence-corrected chi connectivity index (χ4v) is 8.90. The summed E-state index contributed by atoms with van der Waals surface area (Å²) in [4.78, 5) is 14.4. The van der Waals surface area contributed by atoms with E-state index in [0.717, 1.165) is 22.3 Å². The third-order valence-electron chi connectivity index (χ3n) is 7.86. The van der Waals surface area contributed by atoms with E-state index in [1.165, 1.54) is 6.26 Å². The second-order valence-electron chi connectivity index (χ2n) is 11.0. The van der Waals surface area contributed by atoms with Gasteiger partial charge in [-0.25, -0.2) is 8.42 Å². The molecule has 0 radical (unpaired) electrons. The molecule has 0 saturated carbocycles. The lowest BCUT2D eigenvalue weighted by atomic mass is 9.84. The molecule has 1 aliphatic heterocycles. The maximum atomic E-state index is 13.0. The summed E-state index contributed by atoms with van der Waals surface area (Å²) >= 11 is 1.79. The number of rotatable bonds is 12. The van der Waals surface area contributed by atoms with Crippen LogP contribution in [0.4, 0.5) is 0 Å². The normalized spacial score (nSPS) is 17.5. The summed E-state index contributed by atoms with van der Waals surface area (Å²) in [6.07, 6.45) is 1.87. The highest BCUT2D eigenvalue weighted by atomic mass is 32.2. The standard InChI is InChI=1S/C35H38N2O4S2/c1-36(24-28-15-7-3-8-16-28)34(38)27-41-26-32-23-33(25-37(32)43(2,39)40)42-35(29-17-9-4-10-18-29,30-19-11-5-12-20-30)31-21-13-6-14-22-31/h3-22,32-33H,23-27H2,1-2H3/t32-,33+/m0/s1. The third kappa shape index (κ3) is 7.39. The molecule has 43 heavy (non-hydrogen) atoms. The van der Waals surface area contributed by atoms with E-state index in [4.69, 9.17) is 4.74 Å². The maximum Gasteiger partial charge on any atom is 0.248 e. The molecule has 1 heterocycles. The van der Waals surface area contributed by atoms with Crippen LogP contribution in [0.5, 0.6) is 0 Å². The first-order valence-corrected chi connectivity index (χ1v) is 17.2. The molecule has 0 aliphatic carbocycles. The van der Waals surface area contributed by atoms with Crippen molar-refractivity contribution in [2.45, 2.75) is 29.0 Å². The number of amides is 1. The van der Waals surface area contributed by atoms with Crippen LogP contribution in [0.25, 0.3) is 0 Å². The Morgan fingerprint density at radius 3 is 1.77 bits per heavy atom. The van der Waals surface area contributed by atoms with E-state index in [-0.39, 0.29) is 30.4 Å². The Hall–Kier alpha value is -3.43. The zero-order valence-electron chi connectivity index (χ0n) is 24.6. The highest BCUT2D eigenvalue weighted by Gasteiger charge is 2.45. The average molecular weight is 615 g/mol. The maximum absolute atomic E-state index is 13.0. The third-order valence-corrected chi connectivity index (χ3v) is 10.9. The average Bonchev–Trinajstić information content (AvgIpc) is 3.45. The number of ether oxygens (including phenoxy) is 1. The lowest BCUT2D eigenvalue weighted by Crippen LogP contribution is -2.39. The minimum Gasteiger partial charge on any atom is -0.370 e. The molecule has 0 N–H and O–H groups in total. The summed E-state index contributed by atoms with van der Waals surface area (Å²) in [5.41, 5.74) is 4.44. The van der Waals surface area contributed by atoms with Crippen LogP contribution in [0.2, 0.25) is 0 Å². The Balaban J connectivity index is 1.36. The molecule has 4 aromatic rings. The van der Waals surface area contributed by atoms with E-state index in [9.17, 15) is 13.2 Å². The van der Waals surface area contributed by atoms with Crippen molar-refractivity contribution < 1.29 is 17.9 Å². The van der Waals surface area contributed by atoms with E-state index < -0.39 is 14.8 Å². The number of thioether (sulfide) groups is 1. The summed E-state index contributed by atoms with van der Waals surface area (Å²) in [6, 6.07) is 40.7. The van der Waals surface area contributed by atoms with Crippen molar-refractivity contribution in [1.29, 1.82) is 0 Å². The molecule has 0 spiro atoms. The fraction of sp³-hybridized carbons (Fsp3) is 0.286. The molecule has 1 amide bonds. The van der Waals surface area contributed by atoms with Gasteiger partial charge in [0, 0.05) is 31.4 Å². The van der Waals surface area contributed by atoms with Crippen molar-refractivity contribution in [1.82, 2.24) is 9.21 Å². The minimum absolute atomic E-state index is 0.0135. The van der Waals surface area contributed by atoms with Gasteiger partial charge in [0.1, 0.15) is 6.61 Å².